The van der Waals surface area contributed by atoms with Gasteiger partial charge in [-0.2, -0.15) is 0 Å². The molecular weight excluding hydrogens is 444 g/mol. The Balaban J connectivity index is 1.80. The first kappa shape index (κ1) is 24.0. The van der Waals surface area contributed by atoms with E-state index in [-0.39, 0.29) is 18.4 Å². The molecule has 0 aliphatic rings. The minimum absolute atomic E-state index is 0.0358. The van der Waals surface area contributed by atoms with E-state index in [1.54, 1.807) is 47.6 Å². The zero-order valence-electron chi connectivity index (χ0n) is 18.3. The molecule has 0 fully saturated rings. The van der Waals surface area contributed by atoms with Gasteiger partial charge in [-0.05, 0) is 42.8 Å². The summed E-state index contributed by atoms with van der Waals surface area (Å²) in [6, 6.07) is 20.7. The Bertz CT molecular complexity index is 1040. The Morgan fingerprint density at radius 1 is 0.969 bits per heavy atom. The highest BCUT2D eigenvalue weighted by atomic mass is 35.5. The highest BCUT2D eigenvalue weighted by Gasteiger charge is 2.23. The van der Waals surface area contributed by atoms with Gasteiger partial charge in [-0.1, -0.05) is 48.0 Å². The average Bonchev–Trinajstić information content (AvgIpc) is 3.20. The number of carbonyl (C=O) groups excluding carboxylic acids is 2. The lowest BCUT2D eigenvalue weighted by Gasteiger charge is -2.27. The predicted molar refractivity (Wildman–Crippen MR) is 129 cm³/mol. The number of hydrogen-bond donors (Lipinski definition) is 0. The number of carbonyl (C=O) groups is 2. The smallest absolute Gasteiger partial charge is 0.254 e. The molecule has 0 aliphatic heterocycles. The number of rotatable bonds is 10. The lowest BCUT2D eigenvalue weighted by Crippen LogP contribution is -2.43. The van der Waals surface area contributed by atoms with Crippen molar-refractivity contribution in [3.05, 3.63) is 92.6 Å². The fraction of sp³-hybridized carbons (Fsp3) is 0.280. The normalized spacial score (nSPS) is 10.7. The van der Waals surface area contributed by atoms with E-state index in [9.17, 15) is 9.59 Å². The Labute approximate surface area is 198 Å². The van der Waals surface area contributed by atoms with Crippen LogP contribution in [0.4, 0.5) is 0 Å². The topological polar surface area (TPSA) is 49.9 Å². The van der Waals surface area contributed by atoms with E-state index in [0.717, 1.165) is 10.4 Å². The van der Waals surface area contributed by atoms with E-state index in [4.69, 9.17) is 16.3 Å². The van der Waals surface area contributed by atoms with Gasteiger partial charge in [-0.3, -0.25) is 9.59 Å². The Morgan fingerprint density at radius 2 is 1.75 bits per heavy atom. The second-order valence-electron chi connectivity index (χ2n) is 7.48. The van der Waals surface area contributed by atoms with Crippen molar-refractivity contribution < 1.29 is 14.3 Å². The van der Waals surface area contributed by atoms with Crippen molar-refractivity contribution in [3.63, 3.8) is 0 Å². The molecule has 5 nitrogen and oxygen atoms in total. The second-order valence-corrected chi connectivity index (χ2v) is 9.29. The van der Waals surface area contributed by atoms with Gasteiger partial charge in [0.25, 0.3) is 5.91 Å². The first-order chi connectivity index (χ1) is 15.5. The molecule has 1 aromatic heterocycles. The molecule has 0 bridgehead atoms. The summed E-state index contributed by atoms with van der Waals surface area (Å²) in [5.74, 6) is -0.365. The molecule has 3 rings (SSSR count). The summed E-state index contributed by atoms with van der Waals surface area (Å²) in [4.78, 5) is 32.2. The monoisotopic (exact) mass is 470 g/mol. The van der Waals surface area contributed by atoms with Crippen molar-refractivity contribution in [3.8, 4) is 0 Å². The quantitative estimate of drug-likeness (QED) is 0.417. The first-order valence-electron chi connectivity index (χ1n) is 10.4. The van der Waals surface area contributed by atoms with Crippen LogP contribution in [-0.4, -0.2) is 48.4 Å². The SMILES string of the molecule is COCCN(CC(=O)N(Cc1ccccc1)Cc1ccc(C)s1)C(=O)c1cccc(Cl)c1. The maximum absolute atomic E-state index is 13.4. The Kier molecular flexibility index (Phi) is 8.85. The zero-order valence-corrected chi connectivity index (χ0v) is 19.9. The number of hydrogen-bond acceptors (Lipinski definition) is 4. The molecule has 0 saturated carbocycles. The third kappa shape index (κ3) is 6.92. The van der Waals surface area contributed by atoms with Crippen LogP contribution in [-0.2, 0) is 22.6 Å². The van der Waals surface area contributed by atoms with E-state index in [2.05, 4.69) is 6.07 Å². The van der Waals surface area contributed by atoms with Crippen LogP contribution in [0.1, 0.15) is 25.7 Å². The minimum Gasteiger partial charge on any atom is -0.383 e. The van der Waals surface area contributed by atoms with Crippen molar-refractivity contribution in [1.29, 1.82) is 0 Å². The number of nitrogens with zero attached hydrogens (tertiary/aromatic N) is 2. The Morgan fingerprint density at radius 3 is 2.41 bits per heavy atom. The minimum atomic E-state index is -0.246. The molecule has 0 N–H and O–H groups in total. The molecule has 0 spiro atoms. The van der Waals surface area contributed by atoms with Crippen molar-refractivity contribution >= 4 is 34.8 Å². The van der Waals surface area contributed by atoms with Gasteiger partial charge in [0.1, 0.15) is 6.54 Å². The van der Waals surface area contributed by atoms with Crippen LogP contribution in [0.15, 0.2) is 66.7 Å². The third-order valence-electron chi connectivity index (χ3n) is 4.96. The molecule has 168 valence electrons. The first-order valence-corrected chi connectivity index (χ1v) is 11.6. The van der Waals surface area contributed by atoms with Crippen molar-refractivity contribution in [2.24, 2.45) is 0 Å². The number of ether oxygens (including phenoxy) is 1. The fourth-order valence-electron chi connectivity index (χ4n) is 3.32. The van der Waals surface area contributed by atoms with Gasteiger partial charge in [0.15, 0.2) is 0 Å². The van der Waals surface area contributed by atoms with E-state index in [0.29, 0.717) is 36.8 Å². The fourth-order valence-corrected chi connectivity index (χ4v) is 4.41. The number of methoxy groups -OCH3 is 1. The van der Waals surface area contributed by atoms with Crippen molar-refractivity contribution in [1.82, 2.24) is 9.80 Å². The van der Waals surface area contributed by atoms with E-state index in [1.165, 1.54) is 9.78 Å². The van der Waals surface area contributed by atoms with Crippen molar-refractivity contribution in [2.45, 2.75) is 20.0 Å². The number of aryl methyl sites for hydroxylation is 1. The molecule has 0 saturated heterocycles. The maximum Gasteiger partial charge on any atom is 0.254 e. The van der Waals surface area contributed by atoms with Gasteiger partial charge in [0.2, 0.25) is 5.91 Å². The zero-order chi connectivity index (χ0) is 22.9. The largest absolute Gasteiger partial charge is 0.383 e. The molecule has 0 radical (unpaired) electrons. The number of amides is 2. The molecular formula is C25H27ClN2O3S. The molecule has 1 heterocycles. The Hall–Kier alpha value is -2.67. The van der Waals surface area contributed by atoms with Crippen LogP contribution in [0.2, 0.25) is 5.02 Å². The number of benzene rings is 2. The molecule has 0 aliphatic carbocycles. The molecule has 2 aromatic carbocycles. The molecule has 2 amide bonds. The molecule has 32 heavy (non-hydrogen) atoms. The van der Waals surface area contributed by atoms with Gasteiger partial charge >= 0.3 is 0 Å². The third-order valence-corrected chi connectivity index (χ3v) is 6.18. The van der Waals surface area contributed by atoms with Crippen molar-refractivity contribution in [2.75, 3.05) is 26.8 Å². The van der Waals surface area contributed by atoms with Crippen LogP contribution < -0.4 is 0 Å². The lowest BCUT2D eigenvalue weighted by atomic mass is 10.2. The highest BCUT2D eigenvalue weighted by molar-refractivity contribution is 7.11. The summed E-state index contributed by atoms with van der Waals surface area (Å²) in [6.07, 6.45) is 0. The molecule has 3 aromatic rings. The van der Waals surface area contributed by atoms with Gasteiger partial charge in [-0.25, -0.2) is 0 Å². The standard InChI is InChI=1S/C25H27ClN2O3S/c1-19-11-12-23(32-19)17-28(16-20-7-4-3-5-8-20)24(29)18-27(13-14-31-2)25(30)21-9-6-10-22(26)15-21/h3-12,15H,13-14,16-18H2,1-2H3. The average molecular weight is 471 g/mol. The molecule has 0 unspecified atom stereocenters. The number of thiophene rings is 1. The summed E-state index contributed by atoms with van der Waals surface area (Å²) in [5.41, 5.74) is 1.49. The summed E-state index contributed by atoms with van der Waals surface area (Å²) < 4.78 is 5.18. The van der Waals surface area contributed by atoms with E-state index in [1.807, 2.05) is 43.3 Å². The van der Waals surface area contributed by atoms with E-state index >= 15 is 0 Å². The maximum atomic E-state index is 13.4. The van der Waals surface area contributed by atoms with Gasteiger partial charge in [0, 0.05) is 40.5 Å². The van der Waals surface area contributed by atoms with Crippen LogP contribution in [0, 0.1) is 6.92 Å². The highest BCUT2D eigenvalue weighted by Crippen LogP contribution is 2.19. The van der Waals surface area contributed by atoms with Gasteiger partial charge in [0.05, 0.1) is 13.2 Å². The summed E-state index contributed by atoms with van der Waals surface area (Å²) >= 11 is 7.74. The van der Waals surface area contributed by atoms with Crippen LogP contribution in [0.25, 0.3) is 0 Å². The summed E-state index contributed by atoms with van der Waals surface area (Å²) in [6.45, 7) is 3.63. The van der Waals surface area contributed by atoms with E-state index < -0.39 is 0 Å². The van der Waals surface area contributed by atoms with Gasteiger partial charge < -0.3 is 14.5 Å². The van der Waals surface area contributed by atoms with Crippen LogP contribution in [0.5, 0.6) is 0 Å². The summed E-state index contributed by atoms with van der Waals surface area (Å²) in [7, 11) is 1.57. The van der Waals surface area contributed by atoms with Crippen LogP contribution >= 0.6 is 22.9 Å². The van der Waals surface area contributed by atoms with Crippen LogP contribution in [0.3, 0.4) is 0 Å². The molecule has 7 heteroatoms. The second kappa shape index (κ2) is 11.8. The van der Waals surface area contributed by atoms with Gasteiger partial charge in [-0.15, -0.1) is 11.3 Å². The summed E-state index contributed by atoms with van der Waals surface area (Å²) in [5, 5.41) is 0.479. The number of halogens is 1. The lowest BCUT2D eigenvalue weighted by molar-refractivity contribution is -0.133. The molecule has 0 atom stereocenters. The predicted octanol–water partition coefficient (Wildman–Crippen LogP) is 5.03.